The first-order valence-electron chi connectivity index (χ1n) is 6.40. The molecule has 1 heterocycles. The molecule has 0 spiro atoms. The lowest BCUT2D eigenvalue weighted by atomic mass is 9.85. The molecule has 1 unspecified atom stereocenters. The summed E-state index contributed by atoms with van der Waals surface area (Å²) in [6.07, 6.45) is 2.86. The minimum Gasteiger partial charge on any atom is -0.490 e. The minimum absolute atomic E-state index is 0.250. The number of rotatable bonds is 3. The van der Waals surface area contributed by atoms with Crippen LogP contribution in [0.25, 0.3) is 0 Å². The van der Waals surface area contributed by atoms with Gasteiger partial charge in [-0.15, -0.1) is 0 Å². The van der Waals surface area contributed by atoms with Crippen LogP contribution < -0.4 is 4.74 Å². The van der Waals surface area contributed by atoms with Crippen LogP contribution in [0.3, 0.4) is 0 Å². The van der Waals surface area contributed by atoms with Gasteiger partial charge in [-0.3, -0.25) is 4.79 Å². The van der Waals surface area contributed by atoms with Crippen molar-refractivity contribution in [2.24, 2.45) is 5.41 Å². The van der Waals surface area contributed by atoms with Crippen LogP contribution in [0.2, 0.25) is 0 Å². The quantitative estimate of drug-likeness (QED) is 0.894. The van der Waals surface area contributed by atoms with Gasteiger partial charge in [0.05, 0.1) is 11.5 Å². The van der Waals surface area contributed by atoms with Crippen molar-refractivity contribution < 1.29 is 14.6 Å². The maximum atomic E-state index is 11.1. The van der Waals surface area contributed by atoms with Crippen LogP contribution in [-0.4, -0.2) is 17.2 Å². The lowest BCUT2D eigenvalue weighted by Gasteiger charge is -2.25. The van der Waals surface area contributed by atoms with Gasteiger partial charge in [0.15, 0.2) is 0 Å². The van der Waals surface area contributed by atoms with Crippen LogP contribution in [0.4, 0.5) is 0 Å². The molecule has 1 aliphatic rings. The molecule has 1 aromatic rings. The molecule has 0 saturated heterocycles. The molecule has 1 aliphatic heterocycles. The van der Waals surface area contributed by atoms with E-state index < -0.39 is 11.4 Å². The number of aryl methyl sites for hydroxylation is 1. The van der Waals surface area contributed by atoms with E-state index in [2.05, 4.69) is 13.0 Å². The number of hydrogen-bond donors (Lipinski definition) is 1. The van der Waals surface area contributed by atoms with E-state index in [1.807, 2.05) is 12.1 Å². The number of carbonyl (C=O) groups is 1. The first kappa shape index (κ1) is 12.9. The second-order valence-electron chi connectivity index (χ2n) is 5.78. The fourth-order valence-corrected chi connectivity index (χ4v) is 2.25. The zero-order valence-electron chi connectivity index (χ0n) is 11.2. The molecule has 2 rings (SSSR count). The highest BCUT2D eigenvalue weighted by molar-refractivity contribution is 5.74. The summed E-state index contributed by atoms with van der Waals surface area (Å²) in [7, 11) is 0. The zero-order chi connectivity index (χ0) is 13.3. The summed E-state index contributed by atoms with van der Waals surface area (Å²) in [5.41, 5.74) is 1.51. The third-order valence-corrected chi connectivity index (χ3v) is 3.50. The summed E-state index contributed by atoms with van der Waals surface area (Å²) in [4.78, 5) is 11.1. The second-order valence-corrected chi connectivity index (χ2v) is 5.78. The van der Waals surface area contributed by atoms with E-state index in [9.17, 15) is 4.79 Å². The Bertz CT molecular complexity index is 463. The number of ether oxygens (including phenoxy) is 1. The van der Waals surface area contributed by atoms with E-state index in [1.165, 1.54) is 5.56 Å². The first-order chi connectivity index (χ1) is 8.38. The fraction of sp³-hybridized carbons (Fsp3) is 0.533. The Kier molecular flexibility index (Phi) is 3.33. The van der Waals surface area contributed by atoms with E-state index in [0.717, 1.165) is 24.2 Å². The SMILES string of the molecule is CC1CCc2ccc(CC(C)(C)C(=O)O)cc2O1. The van der Waals surface area contributed by atoms with Gasteiger partial charge in [0.1, 0.15) is 5.75 Å². The highest BCUT2D eigenvalue weighted by atomic mass is 16.5. The molecule has 0 aromatic heterocycles. The molecule has 1 atom stereocenters. The molecule has 3 heteroatoms. The largest absolute Gasteiger partial charge is 0.490 e. The second kappa shape index (κ2) is 4.63. The molecule has 3 nitrogen and oxygen atoms in total. The van der Waals surface area contributed by atoms with E-state index in [1.54, 1.807) is 13.8 Å². The molecule has 0 amide bonds. The van der Waals surface area contributed by atoms with Crippen LogP contribution in [0, 0.1) is 5.41 Å². The van der Waals surface area contributed by atoms with Gasteiger partial charge in [-0.25, -0.2) is 0 Å². The summed E-state index contributed by atoms with van der Waals surface area (Å²) in [5, 5.41) is 9.15. The van der Waals surface area contributed by atoms with Crippen molar-refractivity contribution in [1.82, 2.24) is 0 Å². The van der Waals surface area contributed by atoms with Gasteiger partial charge in [-0.05, 0) is 57.2 Å². The summed E-state index contributed by atoms with van der Waals surface area (Å²) in [5.74, 6) is 0.155. The van der Waals surface area contributed by atoms with Crippen molar-refractivity contribution >= 4 is 5.97 Å². The normalized spacial score (nSPS) is 18.9. The van der Waals surface area contributed by atoms with Gasteiger partial charge in [0.2, 0.25) is 0 Å². The highest BCUT2D eigenvalue weighted by Crippen LogP contribution is 2.31. The average molecular weight is 248 g/mol. The van der Waals surface area contributed by atoms with E-state index >= 15 is 0 Å². The predicted octanol–water partition coefficient (Wildman–Crippen LogP) is 3.05. The number of fused-ring (bicyclic) bond motifs is 1. The maximum absolute atomic E-state index is 11.1. The first-order valence-corrected chi connectivity index (χ1v) is 6.40. The third kappa shape index (κ3) is 2.66. The molecule has 0 aliphatic carbocycles. The van der Waals surface area contributed by atoms with Crippen molar-refractivity contribution in [2.45, 2.75) is 46.1 Å². The topological polar surface area (TPSA) is 46.5 Å². The molecule has 0 bridgehead atoms. The molecule has 1 aromatic carbocycles. The van der Waals surface area contributed by atoms with Crippen molar-refractivity contribution in [3.05, 3.63) is 29.3 Å². The van der Waals surface area contributed by atoms with E-state index in [0.29, 0.717) is 6.42 Å². The molecule has 18 heavy (non-hydrogen) atoms. The van der Waals surface area contributed by atoms with Crippen LogP contribution in [0.15, 0.2) is 18.2 Å². The Balaban J connectivity index is 2.21. The Hall–Kier alpha value is -1.51. The number of carboxylic acids is 1. The van der Waals surface area contributed by atoms with Crippen LogP contribution >= 0.6 is 0 Å². The summed E-state index contributed by atoms with van der Waals surface area (Å²) < 4.78 is 5.80. The van der Waals surface area contributed by atoms with Gasteiger partial charge in [-0.2, -0.15) is 0 Å². The molecule has 0 saturated carbocycles. The molecule has 1 N–H and O–H groups in total. The van der Waals surface area contributed by atoms with Crippen LogP contribution in [0.1, 0.15) is 38.3 Å². The number of carboxylic acid groups (broad SMARTS) is 1. The number of benzene rings is 1. The standard InChI is InChI=1S/C15H20O3/c1-10-4-6-12-7-5-11(8-13(12)18-10)9-15(2,3)14(16)17/h5,7-8,10H,4,6,9H2,1-3H3,(H,16,17). The Labute approximate surface area is 108 Å². The van der Waals surface area contributed by atoms with E-state index in [-0.39, 0.29) is 6.10 Å². The average Bonchev–Trinajstić information content (AvgIpc) is 2.27. The predicted molar refractivity (Wildman–Crippen MR) is 70.0 cm³/mol. The molecule has 0 fully saturated rings. The zero-order valence-corrected chi connectivity index (χ0v) is 11.2. The number of hydrogen-bond acceptors (Lipinski definition) is 2. The van der Waals surface area contributed by atoms with Crippen LogP contribution in [-0.2, 0) is 17.6 Å². The Morgan fingerprint density at radius 1 is 1.50 bits per heavy atom. The fourth-order valence-electron chi connectivity index (χ4n) is 2.25. The van der Waals surface area contributed by atoms with Gasteiger partial charge in [-0.1, -0.05) is 12.1 Å². The van der Waals surface area contributed by atoms with Gasteiger partial charge in [0.25, 0.3) is 0 Å². The smallest absolute Gasteiger partial charge is 0.309 e. The van der Waals surface area contributed by atoms with E-state index in [4.69, 9.17) is 9.84 Å². The summed E-state index contributed by atoms with van der Waals surface area (Å²) in [6, 6.07) is 6.08. The van der Waals surface area contributed by atoms with Gasteiger partial charge >= 0.3 is 5.97 Å². The minimum atomic E-state index is -0.769. The van der Waals surface area contributed by atoms with Gasteiger partial charge < -0.3 is 9.84 Å². The van der Waals surface area contributed by atoms with Crippen molar-refractivity contribution in [3.63, 3.8) is 0 Å². The monoisotopic (exact) mass is 248 g/mol. The molecular formula is C15H20O3. The number of aliphatic carboxylic acids is 1. The lowest BCUT2D eigenvalue weighted by molar-refractivity contribution is -0.146. The van der Waals surface area contributed by atoms with Gasteiger partial charge in [0, 0.05) is 0 Å². The molecular weight excluding hydrogens is 228 g/mol. The lowest BCUT2D eigenvalue weighted by Crippen LogP contribution is -2.26. The molecule has 0 radical (unpaired) electrons. The highest BCUT2D eigenvalue weighted by Gasteiger charge is 2.28. The Morgan fingerprint density at radius 3 is 2.89 bits per heavy atom. The third-order valence-electron chi connectivity index (χ3n) is 3.50. The Morgan fingerprint density at radius 2 is 2.22 bits per heavy atom. The van der Waals surface area contributed by atoms with Crippen molar-refractivity contribution in [3.8, 4) is 5.75 Å². The molecule has 98 valence electrons. The summed E-state index contributed by atoms with van der Waals surface area (Å²) in [6.45, 7) is 5.56. The van der Waals surface area contributed by atoms with Crippen LogP contribution in [0.5, 0.6) is 5.75 Å². The summed E-state index contributed by atoms with van der Waals surface area (Å²) >= 11 is 0. The van der Waals surface area contributed by atoms with Crippen molar-refractivity contribution in [1.29, 1.82) is 0 Å². The maximum Gasteiger partial charge on any atom is 0.309 e. The van der Waals surface area contributed by atoms with Crippen molar-refractivity contribution in [2.75, 3.05) is 0 Å².